The van der Waals surface area contributed by atoms with E-state index in [-0.39, 0.29) is 5.91 Å². The molecule has 0 spiro atoms. The quantitative estimate of drug-likeness (QED) is 0.870. The Hall–Kier alpha value is -1.75. The normalized spacial score (nSPS) is 23.0. The second kappa shape index (κ2) is 7.01. The number of carbonyl (C=O) groups excluding carboxylic acids is 1. The molecule has 132 valence electrons. The molecule has 0 bridgehead atoms. The van der Waals surface area contributed by atoms with Crippen molar-refractivity contribution in [1.82, 2.24) is 10.2 Å². The molecule has 1 aromatic rings. The first-order valence-corrected chi connectivity index (χ1v) is 8.91. The second-order valence-corrected chi connectivity index (χ2v) is 7.36. The third-order valence-electron chi connectivity index (χ3n) is 5.04. The van der Waals surface area contributed by atoms with E-state index in [1.807, 2.05) is 19.1 Å². The third kappa shape index (κ3) is 3.51. The van der Waals surface area contributed by atoms with Gasteiger partial charge in [0.05, 0.1) is 5.54 Å². The predicted molar refractivity (Wildman–Crippen MR) is 93.3 cm³/mol. The maximum absolute atomic E-state index is 12.6. The number of fused-ring (bicyclic) bond motifs is 1. The molecule has 24 heavy (non-hydrogen) atoms. The highest BCUT2D eigenvalue weighted by atomic mass is 16.6. The SMILES string of the molecule is CC(C)CCNC(=O)C1(C)CCN1Cc1ccc2c(c1)OCCO2. The van der Waals surface area contributed by atoms with Crippen LogP contribution in [0.2, 0.25) is 0 Å². The Morgan fingerprint density at radius 2 is 2.04 bits per heavy atom. The minimum atomic E-state index is -0.399. The van der Waals surface area contributed by atoms with Crippen molar-refractivity contribution in [2.24, 2.45) is 5.92 Å². The fraction of sp³-hybridized carbons (Fsp3) is 0.632. The average Bonchev–Trinajstić information content (AvgIpc) is 2.57. The van der Waals surface area contributed by atoms with Crippen molar-refractivity contribution < 1.29 is 14.3 Å². The van der Waals surface area contributed by atoms with Crippen molar-refractivity contribution in [3.05, 3.63) is 23.8 Å². The molecule has 1 N–H and O–H groups in total. The molecule has 3 rings (SSSR count). The summed E-state index contributed by atoms with van der Waals surface area (Å²) in [6.07, 6.45) is 1.93. The first-order chi connectivity index (χ1) is 11.5. The van der Waals surface area contributed by atoms with E-state index in [2.05, 4.69) is 30.1 Å². The van der Waals surface area contributed by atoms with E-state index in [1.54, 1.807) is 0 Å². The minimum Gasteiger partial charge on any atom is -0.486 e. The summed E-state index contributed by atoms with van der Waals surface area (Å²) < 4.78 is 11.2. The van der Waals surface area contributed by atoms with Gasteiger partial charge < -0.3 is 14.8 Å². The van der Waals surface area contributed by atoms with Crippen molar-refractivity contribution in [2.75, 3.05) is 26.3 Å². The zero-order valence-corrected chi connectivity index (χ0v) is 14.9. The highest BCUT2D eigenvalue weighted by Crippen LogP contribution is 2.35. The standard InChI is InChI=1S/C19H28N2O3/c1-14(2)6-8-20-18(22)19(3)7-9-21(19)13-15-4-5-16-17(12-15)24-11-10-23-16/h4-5,12,14H,6-11,13H2,1-3H3,(H,20,22). The van der Waals surface area contributed by atoms with Gasteiger partial charge in [-0.15, -0.1) is 0 Å². The number of rotatable bonds is 6. The molecule has 5 nitrogen and oxygen atoms in total. The molecule has 1 atom stereocenters. The number of hydrogen-bond donors (Lipinski definition) is 1. The van der Waals surface area contributed by atoms with Crippen molar-refractivity contribution >= 4 is 5.91 Å². The van der Waals surface area contributed by atoms with Gasteiger partial charge in [0, 0.05) is 19.6 Å². The molecule has 1 saturated heterocycles. The fourth-order valence-corrected chi connectivity index (χ4v) is 3.19. The monoisotopic (exact) mass is 332 g/mol. The van der Waals surface area contributed by atoms with Crippen LogP contribution in [-0.4, -0.2) is 42.6 Å². The van der Waals surface area contributed by atoms with E-state index in [9.17, 15) is 4.79 Å². The van der Waals surface area contributed by atoms with Crippen LogP contribution in [0.3, 0.4) is 0 Å². The van der Waals surface area contributed by atoms with Gasteiger partial charge in [0.2, 0.25) is 5.91 Å². The number of benzene rings is 1. The van der Waals surface area contributed by atoms with Crippen molar-refractivity contribution in [1.29, 1.82) is 0 Å². The van der Waals surface area contributed by atoms with Crippen LogP contribution in [0.5, 0.6) is 11.5 Å². The van der Waals surface area contributed by atoms with Crippen LogP contribution < -0.4 is 14.8 Å². The van der Waals surface area contributed by atoms with E-state index in [4.69, 9.17) is 9.47 Å². The molecular weight excluding hydrogens is 304 g/mol. The number of nitrogens with zero attached hydrogens (tertiary/aromatic N) is 1. The summed E-state index contributed by atoms with van der Waals surface area (Å²) in [5.74, 6) is 2.37. The average molecular weight is 332 g/mol. The molecule has 1 amide bonds. The number of carbonyl (C=O) groups is 1. The van der Waals surface area contributed by atoms with Gasteiger partial charge in [-0.25, -0.2) is 0 Å². The molecule has 0 aliphatic carbocycles. The van der Waals surface area contributed by atoms with E-state index in [0.717, 1.165) is 49.5 Å². The topological polar surface area (TPSA) is 50.8 Å². The Morgan fingerprint density at radius 1 is 1.29 bits per heavy atom. The van der Waals surface area contributed by atoms with Crippen LogP contribution >= 0.6 is 0 Å². The van der Waals surface area contributed by atoms with Crippen LogP contribution in [0.4, 0.5) is 0 Å². The molecule has 1 aromatic carbocycles. The second-order valence-electron chi connectivity index (χ2n) is 7.36. The van der Waals surface area contributed by atoms with Crippen LogP contribution in [0.25, 0.3) is 0 Å². The highest BCUT2D eigenvalue weighted by Gasteiger charge is 2.46. The van der Waals surface area contributed by atoms with Gasteiger partial charge in [-0.2, -0.15) is 0 Å². The summed E-state index contributed by atoms with van der Waals surface area (Å²) in [5.41, 5.74) is 0.754. The maximum atomic E-state index is 12.6. The summed E-state index contributed by atoms with van der Waals surface area (Å²) >= 11 is 0. The van der Waals surface area contributed by atoms with Crippen molar-refractivity contribution in [3.63, 3.8) is 0 Å². The number of amides is 1. The predicted octanol–water partition coefficient (Wildman–Crippen LogP) is 2.58. The van der Waals surface area contributed by atoms with E-state index >= 15 is 0 Å². The zero-order chi connectivity index (χ0) is 17.2. The summed E-state index contributed by atoms with van der Waals surface area (Å²) in [5, 5.41) is 3.10. The van der Waals surface area contributed by atoms with Gasteiger partial charge >= 0.3 is 0 Å². The summed E-state index contributed by atoms with van der Waals surface area (Å²) in [4.78, 5) is 14.8. The Labute approximate surface area is 144 Å². The summed E-state index contributed by atoms with van der Waals surface area (Å²) in [6.45, 7) is 10.0. The Morgan fingerprint density at radius 3 is 2.71 bits per heavy atom. The van der Waals surface area contributed by atoms with Gasteiger partial charge in [0.25, 0.3) is 0 Å². The van der Waals surface area contributed by atoms with Crippen LogP contribution in [0, 0.1) is 5.92 Å². The lowest BCUT2D eigenvalue weighted by Gasteiger charge is -2.49. The van der Waals surface area contributed by atoms with E-state index in [0.29, 0.717) is 19.1 Å². The van der Waals surface area contributed by atoms with E-state index < -0.39 is 5.54 Å². The molecule has 0 saturated carbocycles. The number of likely N-dealkylation sites (tertiary alicyclic amines) is 1. The summed E-state index contributed by atoms with van der Waals surface area (Å²) in [7, 11) is 0. The summed E-state index contributed by atoms with van der Waals surface area (Å²) in [6, 6.07) is 6.05. The van der Waals surface area contributed by atoms with Crippen molar-refractivity contribution in [3.8, 4) is 11.5 Å². The maximum Gasteiger partial charge on any atom is 0.240 e. The molecular formula is C19H28N2O3. The van der Waals surface area contributed by atoms with Crippen LogP contribution in [0.1, 0.15) is 39.2 Å². The lowest BCUT2D eigenvalue weighted by atomic mass is 9.85. The number of hydrogen-bond acceptors (Lipinski definition) is 4. The molecule has 2 aliphatic rings. The Bertz CT molecular complexity index is 602. The van der Waals surface area contributed by atoms with Gasteiger partial charge in [-0.05, 0) is 43.4 Å². The van der Waals surface area contributed by atoms with Crippen LogP contribution in [-0.2, 0) is 11.3 Å². The van der Waals surface area contributed by atoms with Crippen molar-refractivity contribution in [2.45, 2.75) is 45.7 Å². The Kier molecular flexibility index (Phi) is 4.99. The Balaban J connectivity index is 1.60. The van der Waals surface area contributed by atoms with Gasteiger partial charge in [-0.3, -0.25) is 9.69 Å². The van der Waals surface area contributed by atoms with Gasteiger partial charge in [0.15, 0.2) is 11.5 Å². The zero-order valence-electron chi connectivity index (χ0n) is 14.9. The first kappa shape index (κ1) is 17.1. The molecule has 2 aliphatic heterocycles. The van der Waals surface area contributed by atoms with Gasteiger partial charge in [0.1, 0.15) is 13.2 Å². The molecule has 1 unspecified atom stereocenters. The number of nitrogens with one attached hydrogen (secondary N) is 1. The first-order valence-electron chi connectivity index (χ1n) is 8.91. The van der Waals surface area contributed by atoms with Gasteiger partial charge in [-0.1, -0.05) is 19.9 Å². The minimum absolute atomic E-state index is 0.145. The fourth-order valence-electron chi connectivity index (χ4n) is 3.19. The number of ether oxygens (including phenoxy) is 2. The highest BCUT2D eigenvalue weighted by molar-refractivity contribution is 5.86. The molecule has 0 radical (unpaired) electrons. The smallest absolute Gasteiger partial charge is 0.240 e. The van der Waals surface area contributed by atoms with E-state index in [1.165, 1.54) is 0 Å². The largest absolute Gasteiger partial charge is 0.486 e. The molecule has 2 heterocycles. The molecule has 0 aromatic heterocycles. The lowest BCUT2D eigenvalue weighted by molar-refractivity contribution is -0.141. The van der Waals surface area contributed by atoms with Crippen LogP contribution in [0.15, 0.2) is 18.2 Å². The molecule has 5 heteroatoms. The molecule has 1 fully saturated rings. The lowest BCUT2D eigenvalue weighted by Crippen LogP contribution is -2.65. The third-order valence-corrected chi connectivity index (χ3v) is 5.04.